The van der Waals surface area contributed by atoms with E-state index in [-0.39, 0.29) is 26.4 Å². The zero-order valence-corrected chi connectivity index (χ0v) is 13.7. The molecule has 2 aromatic rings. The number of hydrogen-bond donors (Lipinski definition) is 2. The molecule has 4 nitrogen and oxygen atoms in total. The number of rotatable bonds is 3. The highest BCUT2D eigenvalue weighted by Gasteiger charge is 2.13. The van der Waals surface area contributed by atoms with E-state index in [2.05, 4.69) is 5.32 Å². The van der Waals surface area contributed by atoms with Gasteiger partial charge in [0.1, 0.15) is 17.4 Å². The SMILES string of the molecule is N#CC(=Cc1ccc(O)c(Cl)c1)C(=O)Nc1cccc(Cl)c1Cl. The van der Waals surface area contributed by atoms with Crippen molar-refractivity contribution in [2.45, 2.75) is 0 Å². The first-order valence-corrected chi connectivity index (χ1v) is 7.41. The zero-order chi connectivity index (χ0) is 17.0. The number of nitriles is 1. The van der Waals surface area contributed by atoms with Crippen molar-refractivity contribution < 1.29 is 9.90 Å². The lowest BCUT2D eigenvalue weighted by molar-refractivity contribution is -0.112. The lowest BCUT2D eigenvalue weighted by atomic mass is 10.1. The van der Waals surface area contributed by atoms with Crippen LogP contribution in [0.25, 0.3) is 6.08 Å². The Hall–Kier alpha value is -2.19. The molecule has 0 saturated heterocycles. The molecule has 0 radical (unpaired) electrons. The Morgan fingerprint density at radius 1 is 1.17 bits per heavy atom. The molecule has 2 rings (SSSR count). The minimum Gasteiger partial charge on any atom is -0.506 e. The highest BCUT2D eigenvalue weighted by molar-refractivity contribution is 6.44. The molecular weight excluding hydrogens is 359 g/mol. The van der Waals surface area contributed by atoms with Crippen molar-refractivity contribution in [3.8, 4) is 11.8 Å². The third-order valence-electron chi connectivity index (χ3n) is 2.85. The van der Waals surface area contributed by atoms with E-state index in [4.69, 9.17) is 40.1 Å². The summed E-state index contributed by atoms with van der Waals surface area (Å²) in [5.41, 5.74) is 0.647. The molecule has 116 valence electrons. The second-order valence-electron chi connectivity index (χ2n) is 4.44. The molecule has 23 heavy (non-hydrogen) atoms. The maximum absolute atomic E-state index is 12.2. The quantitative estimate of drug-likeness (QED) is 0.598. The number of halogens is 3. The highest BCUT2D eigenvalue weighted by Crippen LogP contribution is 2.30. The number of carbonyl (C=O) groups is 1. The van der Waals surface area contributed by atoms with Crippen LogP contribution in [0.15, 0.2) is 42.0 Å². The third kappa shape index (κ3) is 4.17. The third-order valence-corrected chi connectivity index (χ3v) is 3.97. The van der Waals surface area contributed by atoms with Gasteiger partial charge in [0.15, 0.2) is 0 Å². The first-order chi connectivity index (χ1) is 10.9. The van der Waals surface area contributed by atoms with Crippen LogP contribution < -0.4 is 5.32 Å². The van der Waals surface area contributed by atoms with Crippen LogP contribution in [0.1, 0.15) is 5.56 Å². The second-order valence-corrected chi connectivity index (χ2v) is 5.63. The molecule has 0 atom stereocenters. The van der Waals surface area contributed by atoms with E-state index < -0.39 is 5.91 Å². The van der Waals surface area contributed by atoms with E-state index in [1.54, 1.807) is 24.3 Å². The van der Waals surface area contributed by atoms with Crippen LogP contribution in [0.4, 0.5) is 5.69 Å². The normalized spacial score (nSPS) is 11.0. The molecule has 2 N–H and O–H groups in total. The van der Waals surface area contributed by atoms with Crippen LogP contribution in [0.5, 0.6) is 5.75 Å². The van der Waals surface area contributed by atoms with Gasteiger partial charge >= 0.3 is 0 Å². The number of carbonyl (C=O) groups excluding carboxylic acids is 1. The van der Waals surface area contributed by atoms with Gasteiger partial charge in [-0.15, -0.1) is 0 Å². The monoisotopic (exact) mass is 366 g/mol. The van der Waals surface area contributed by atoms with Crippen LogP contribution in [-0.2, 0) is 4.79 Å². The Balaban J connectivity index is 2.28. The zero-order valence-electron chi connectivity index (χ0n) is 11.5. The molecule has 0 aliphatic rings. The Kier molecular flexibility index (Phi) is 5.51. The number of nitrogens with one attached hydrogen (secondary N) is 1. The van der Waals surface area contributed by atoms with Gasteiger partial charge in [0.05, 0.1) is 20.8 Å². The Bertz CT molecular complexity index is 842. The molecule has 0 heterocycles. The van der Waals surface area contributed by atoms with E-state index in [0.29, 0.717) is 11.3 Å². The van der Waals surface area contributed by atoms with Crippen molar-refractivity contribution in [1.82, 2.24) is 0 Å². The van der Waals surface area contributed by atoms with Crippen molar-refractivity contribution in [3.05, 3.63) is 62.6 Å². The van der Waals surface area contributed by atoms with Crippen molar-refractivity contribution in [1.29, 1.82) is 5.26 Å². The Morgan fingerprint density at radius 3 is 2.57 bits per heavy atom. The minimum atomic E-state index is -0.638. The molecule has 0 spiro atoms. The highest BCUT2D eigenvalue weighted by atomic mass is 35.5. The van der Waals surface area contributed by atoms with E-state index in [0.717, 1.165) is 0 Å². The van der Waals surface area contributed by atoms with Gasteiger partial charge in [-0.05, 0) is 35.9 Å². The van der Waals surface area contributed by atoms with Gasteiger partial charge in [-0.25, -0.2) is 0 Å². The fraction of sp³-hybridized carbons (Fsp3) is 0. The van der Waals surface area contributed by atoms with Crippen molar-refractivity contribution in [2.24, 2.45) is 0 Å². The number of aromatic hydroxyl groups is 1. The number of nitrogens with zero attached hydrogens (tertiary/aromatic N) is 1. The molecule has 0 aliphatic carbocycles. The summed E-state index contributed by atoms with van der Waals surface area (Å²) in [5.74, 6) is -0.724. The summed E-state index contributed by atoms with van der Waals surface area (Å²) in [6, 6.07) is 10.9. The number of phenols is 1. The molecular formula is C16H9Cl3N2O2. The molecule has 7 heteroatoms. The van der Waals surface area contributed by atoms with Crippen LogP contribution in [-0.4, -0.2) is 11.0 Å². The van der Waals surface area contributed by atoms with E-state index >= 15 is 0 Å². The summed E-state index contributed by atoms with van der Waals surface area (Å²) in [6.07, 6.45) is 1.35. The maximum Gasteiger partial charge on any atom is 0.266 e. The summed E-state index contributed by atoms with van der Waals surface area (Å²) >= 11 is 17.7. The molecule has 0 unspecified atom stereocenters. The standard InChI is InChI=1S/C16H9Cl3N2O2/c17-11-2-1-3-13(15(11)19)21-16(23)10(8-20)6-9-4-5-14(22)12(18)7-9/h1-7,22H,(H,21,23). The van der Waals surface area contributed by atoms with Crippen molar-refractivity contribution in [2.75, 3.05) is 5.32 Å². The molecule has 0 saturated carbocycles. The number of benzene rings is 2. The van der Waals surface area contributed by atoms with Crippen molar-refractivity contribution in [3.63, 3.8) is 0 Å². The van der Waals surface area contributed by atoms with Crippen LogP contribution >= 0.6 is 34.8 Å². The lowest BCUT2D eigenvalue weighted by Crippen LogP contribution is -2.13. The first kappa shape index (κ1) is 17.2. The molecule has 0 bridgehead atoms. The average Bonchev–Trinajstić information content (AvgIpc) is 2.52. The van der Waals surface area contributed by atoms with E-state index in [9.17, 15) is 9.90 Å². The fourth-order valence-electron chi connectivity index (χ4n) is 1.72. The fourth-order valence-corrected chi connectivity index (χ4v) is 2.25. The summed E-state index contributed by atoms with van der Waals surface area (Å²) in [6.45, 7) is 0. The largest absolute Gasteiger partial charge is 0.506 e. The van der Waals surface area contributed by atoms with Gasteiger partial charge < -0.3 is 10.4 Å². The number of phenolic OH excluding ortho intramolecular Hbond substituents is 1. The van der Waals surface area contributed by atoms with Crippen LogP contribution in [0.2, 0.25) is 15.1 Å². The van der Waals surface area contributed by atoms with Gasteiger partial charge in [-0.1, -0.05) is 46.9 Å². The summed E-state index contributed by atoms with van der Waals surface area (Å²) in [4.78, 5) is 12.2. The Labute approximate surface area is 147 Å². The molecule has 0 fully saturated rings. The minimum absolute atomic E-state index is 0.0857. The number of hydrogen-bond acceptors (Lipinski definition) is 3. The molecule has 1 amide bonds. The maximum atomic E-state index is 12.2. The van der Waals surface area contributed by atoms with Gasteiger partial charge in [0, 0.05) is 0 Å². The Morgan fingerprint density at radius 2 is 1.91 bits per heavy atom. The predicted octanol–water partition coefficient (Wildman–Crippen LogP) is 4.90. The van der Waals surface area contributed by atoms with E-state index in [1.807, 2.05) is 0 Å². The number of amides is 1. The first-order valence-electron chi connectivity index (χ1n) is 6.28. The topological polar surface area (TPSA) is 73.1 Å². The number of anilines is 1. The average molecular weight is 368 g/mol. The van der Waals surface area contributed by atoms with Crippen LogP contribution in [0, 0.1) is 11.3 Å². The van der Waals surface area contributed by atoms with Gasteiger partial charge in [0.25, 0.3) is 5.91 Å². The molecule has 0 aliphatic heterocycles. The van der Waals surface area contributed by atoms with Gasteiger partial charge in [-0.2, -0.15) is 5.26 Å². The second kappa shape index (κ2) is 7.38. The molecule has 2 aromatic carbocycles. The molecule has 0 aromatic heterocycles. The van der Waals surface area contributed by atoms with Gasteiger partial charge in [-0.3, -0.25) is 4.79 Å². The smallest absolute Gasteiger partial charge is 0.266 e. The summed E-state index contributed by atoms with van der Waals surface area (Å²) in [7, 11) is 0. The lowest BCUT2D eigenvalue weighted by Gasteiger charge is -2.07. The summed E-state index contributed by atoms with van der Waals surface area (Å²) < 4.78 is 0. The predicted molar refractivity (Wildman–Crippen MR) is 91.8 cm³/mol. The van der Waals surface area contributed by atoms with Gasteiger partial charge in [0.2, 0.25) is 0 Å². The van der Waals surface area contributed by atoms with E-state index in [1.165, 1.54) is 24.3 Å². The van der Waals surface area contributed by atoms with Crippen molar-refractivity contribution >= 4 is 52.5 Å². The van der Waals surface area contributed by atoms with Crippen LogP contribution in [0.3, 0.4) is 0 Å². The summed E-state index contributed by atoms with van der Waals surface area (Å²) in [5, 5.41) is 21.7.